The lowest BCUT2D eigenvalue weighted by atomic mass is 9.91. The van der Waals surface area contributed by atoms with E-state index in [0.29, 0.717) is 19.8 Å². The molecule has 2 heterocycles. The number of amides is 1. The molecule has 0 saturated carbocycles. The number of ether oxygens (including phenoxy) is 1. The molecule has 0 aromatic heterocycles. The Bertz CT molecular complexity index is 615. The van der Waals surface area contributed by atoms with Gasteiger partial charge in [-0.3, -0.25) is 9.69 Å². The van der Waals surface area contributed by atoms with E-state index in [1.807, 2.05) is 0 Å². The Morgan fingerprint density at radius 2 is 1.88 bits per heavy atom. The summed E-state index contributed by atoms with van der Waals surface area (Å²) in [6.45, 7) is 3.54. The molecule has 1 amide bonds. The van der Waals surface area contributed by atoms with Crippen LogP contribution in [0.15, 0.2) is 18.2 Å². The lowest BCUT2D eigenvalue weighted by Gasteiger charge is -2.34. The molecule has 1 aromatic rings. The zero-order valence-electron chi connectivity index (χ0n) is 14.9. The molecule has 2 aliphatic heterocycles. The molecule has 144 valence electrons. The van der Waals surface area contributed by atoms with Crippen molar-refractivity contribution in [3.63, 3.8) is 0 Å². The van der Waals surface area contributed by atoms with Gasteiger partial charge < -0.3 is 15.8 Å². The third-order valence-electron chi connectivity index (χ3n) is 5.40. The fraction of sp³-hybridized carbons (Fsp3) is 0.632. The highest BCUT2D eigenvalue weighted by Crippen LogP contribution is 2.19. The molecule has 0 aliphatic carbocycles. The van der Waals surface area contributed by atoms with Gasteiger partial charge in [-0.15, -0.1) is 0 Å². The van der Waals surface area contributed by atoms with Gasteiger partial charge in [-0.2, -0.15) is 0 Å². The van der Waals surface area contributed by atoms with Crippen LogP contribution in [-0.4, -0.2) is 49.2 Å². The first-order valence-electron chi connectivity index (χ1n) is 9.33. The molecule has 26 heavy (non-hydrogen) atoms. The number of likely N-dealkylation sites (tertiary alicyclic amines) is 1. The van der Waals surface area contributed by atoms with Crippen LogP contribution >= 0.6 is 0 Å². The van der Waals surface area contributed by atoms with Crippen LogP contribution in [0.3, 0.4) is 0 Å². The van der Waals surface area contributed by atoms with Gasteiger partial charge in [-0.25, -0.2) is 8.78 Å². The summed E-state index contributed by atoms with van der Waals surface area (Å²) >= 11 is 0. The molecule has 7 heteroatoms. The Hall–Kier alpha value is -1.57. The number of nitrogens with one attached hydrogen (secondary N) is 1. The normalized spacial score (nSPS) is 21.5. The van der Waals surface area contributed by atoms with Crippen molar-refractivity contribution in [1.82, 2.24) is 10.2 Å². The maximum absolute atomic E-state index is 13.3. The van der Waals surface area contributed by atoms with E-state index in [2.05, 4.69) is 10.2 Å². The van der Waals surface area contributed by atoms with Gasteiger partial charge in [0.05, 0.1) is 6.04 Å². The quantitative estimate of drug-likeness (QED) is 0.833. The summed E-state index contributed by atoms with van der Waals surface area (Å²) in [7, 11) is 0. The average molecular weight is 367 g/mol. The molecule has 3 rings (SSSR count). The second-order valence-corrected chi connectivity index (χ2v) is 7.28. The van der Waals surface area contributed by atoms with Crippen LogP contribution < -0.4 is 11.1 Å². The van der Waals surface area contributed by atoms with Gasteiger partial charge in [0.2, 0.25) is 5.91 Å². The van der Waals surface area contributed by atoms with E-state index in [1.54, 1.807) is 6.07 Å². The van der Waals surface area contributed by atoms with Crippen LogP contribution in [0.2, 0.25) is 0 Å². The Balaban J connectivity index is 1.43. The molecule has 2 saturated heterocycles. The molecular weight excluding hydrogens is 340 g/mol. The predicted octanol–water partition coefficient (Wildman–Crippen LogP) is 1.80. The monoisotopic (exact) mass is 367 g/mol. The molecule has 0 bridgehead atoms. The fourth-order valence-corrected chi connectivity index (χ4v) is 3.72. The zero-order valence-corrected chi connectivity index (χ0v) is 14.9. The summed E-state index contributed by atoms with van der Waals surface area (Å²) in [5.41, 5.74) is 6.88. The molecule has 1 atom stereocenters. The topological polar surface area (TPSA) is 67.6 Å². The minimum absolute atomic E-state index is 0.0732. The maximum atomic E-state index is 13.3. The van der Waals surface area contributed by atoms with Gasteiger partial charge in [0, 0.05) is 38.9 Å². The minimum Gasteiger partial charge on any atom is -0.381 e. The van der Waals surface area contributed by atoms with E-state index >= 15 is 0 Å². The number of rotatable bonds is 5. The van der Waals surface area contributed by atoms with E-state index in [0.717, 1.165) is 50.4 Å². The highest BCUT2D eigenvalue weighted by molar-refractivity contribution is 5.82. The summed E-state index contributed by atoms with van der Waals surface area (Å²) in [6, 6.07) is 3.67. The number of carbonyl (C=O) groups is 1. The van der Waals surface area contributed by atoms with Crippen molar-refractivity contribution in [2.45, 2.75) is 44.3 Å². The number of hydrogen-bond acceptors (Lipinski definition) is 4. The third-order valence-corrected chi connectivity index (χ3v) is 5.40. The second kappa shape index (κ2) is 8.88. The van der Waals surface area contributed by atoms with Crippen LogP contribution in [0.25, 0.3) is 0 Å². The third kappa shape index (κ3) is 4.99. The van der Waals surface area contributed by atoms with Crippen LogP contribution in [0.4, 0.5) is 8.78 Å². The summed E-state index contributed by atoms with van der Waals surface area (Å²) in [6.07, 6.45) is 3.33. The highest BCUT2D eigenvalue weighted by atomic mass is 19.2. The van der Waals surface area contributed by atoms with Crippen LogP contribution in [0.1, 0.15) is 31.2 Å². The van der Waals surface area contributed by atoms with Crippen molar-refractivity contribution in [1.29, 1.82) is 0 Å². The summed E-state index contributed by atoms with van der Waals surface area (Å²) in [5.74, 6) is -1.52. The number of nitrogens with two attached hydrogens (primary N) is 1. The molecule has 3 N–H and O–H groups in total. The van der Waals surface area contributed by atoms with Crippen molar-refractivity contribution in [2.24, 2.45) is 11.7 Å². The second-order valence-electron chi connectivity index (χ2n) is 7.28. The largest absolute Gasteiger partial charge is 0.381 e. The zero-order chi connectivity index (χ0) is 18.5. The van der Waals surface area contributed by atoms with Crippen LogP contribution in [0, 0.1) is 17.6 Å². The molecule has 0 radical (unpaired) electrons. The fourth-order valence-electron chi connectivity index (χ4n) is 3.72. The van der Waals surface area contributed by atoms with E-state index in [9.17, 15) is 13.6 Å². The lowest BCUT2D eigenvalue weighted by molar-refractivity contribution is -0.125. The summed E-state index contributed by atoms with van der Waals surface area (Å²) in [4.78, 5) is 14.6. The molecule has 0 spiro atoms. The number of benzene rings is 1. The van der Waals surface area contributed by atoms with Crippen molar-refractivity contribution in [3.8, 4) is 0 Å². The van der Waals surface area contributed by atoms with E-state index in [4.69, 9.17) is 10.5 Å². The Labute approximate surface area is 152 Å². The average Bonchev–Trinajstić information content (AvgIpc) is 2.66. The molecule has 1 unspecified atom stereocenters. The van der Waals surface area contributed by atoms with E-state index in [-0.39, 0.29) is 17.9 Å². The lowest BCUT2D eigenvalue weighted by Crippen LogP contribution is -2.52. The van der Waals surface area contributed by atoms with Crippen molar-refractivity contribution < 1.29 is 18.3 Å². The molecule has 2 aliphatic rings. The Morgan fingerprint density at radius 1 is 1.19 bits per heavy atom. The van der Waals surface area contributed by atoms with Crippen molar-refractivity contribution in [3.05, 3.63) is 35.4 Å². The van der Waals surface area contributed by atoms with Crippen LogP contribution in [-0.2, 0) is 16.1 Å². The SMILES string of the molecule is NC(C(=O)NC1CCN(Cc2ccc(F)c(F)c2)CC1)C1CCOCC1. The number of halogens is 2. The van der Waals surface area contributed by atoms with Crippen LogP contribution in [0.5, 0.6) is 0 Å². The molecule has 1 aromatic carbocycles. The Kier molecular flexibility index (Phi) is 6.56. The number of carbonyl (C=O) groups excluding carboxylic acids is 1. The van der Waals surface area contributed by atoms with Crippen molar-refractivity contribution >= 4 is 5.91 Å². The van der Waals surface area contributed by atoms with Gasteiger partial charge >= 0.3 is 0 Å². The van der Waals surface area contributed by atoms with Gasteiger partial charge in [0.1, 0.15) is 0 Å². The smallest absolute Gasteiger partial charge is 0.237 e. The van der Waals surface area contributed by atoms with Gasteiger partial charge in [-0.1, -0.05) is 6.07 Å². The maximum Gasteiger partial charge on any atom is 0.237 e. The number of nitrogens with zero attached hydrogens (tertiary/aromatic N) is 1. The molecule has 5 nitrogen and oxygen atoms in total. The van der Waals surface area contributed by atoms with Gasteiger partial charge in [0.15, 0.2) is 11.6 Å². The first-order valence-corrected chi connectivity index (χ1v) is 9.33. The summed E-state index contributed by atoms with van der Waals surface area (Å²) in [5, 5.41) is 3.08. The van der Waals surface area contributed by atoms with Crippen molar-refractivity contribution in [2.75, 3.05) is 26.3 Å². The number of hydrogen-bond donors (Lipinski definition) is 2. The highest BCUT2D eigenvalue weighted by Gasteiger charge is 2.29. The minimum atomic E-state index is -0.823. The van der Waals surface area contributed by atoms with E-state index in [1.165, 1.54) is 6.07 Å². The molecule has 2 fully saturated rings. The standard InChI is InChI=1S/C19H27F2N3O2/c20-16-2-1-13(11-17(16)21)12-24-7-3-15(4-8-24)23-19(25)18(22)14-5-9-26-10-6-14/h1-2,11,14-15,18H,3-10,12,22H2,(H,23,25). The molecular formula is C19H27F2N3O2. The number of piperidine rings is 1. The van der Waals surface area contributed by atoms with Gasteiger partial charge in [0.25, 0.3) is 0 Å². The summed E-state index contributed by atoms with van der Waals surface area (Å²) < 4.78 is 31.6. The van der Waals surface area contributed by atoms with Gasteiger partial charge in [-0.05, 0) is 49.3 Å². The first-order chi connectivity index (χ1) is 12.5. The first kappa shape index (κ1) is 19.2. The predicted molar refractivity (Wildman–Crippen MR) is 94.3 cm³/mol. The van der Waals surface area contributed by atoms with E-state index < -0.39 is 17.7 Å². The Morgan fingerprint density at radius 3 is 2.54 bits per heavy atom.